The van der Waals surface area contributed by atoms with Crippen LogP contribution in [0.1, 0.15) is 24.3 Å². The minimum atomic E-state index is -0.792. The molecule has 0 saturated carbocycles. The van der Waals surface area contributed by atoms with E-state index in [9.17, 15) is 14.0 Å². The molecule has 10 heteroatoms. The van der Waals surface area contributed by atoms with Gasteiger partial charge in [-0.3, -0.25) is 19.6 Å². The number of fused-ring (bicyclic) bond motifs is 1. The molecule has 1 fully saturated rings. The first-order valence-corrected chi connectivity index (χ1v) is 14.4. The highest BCUT2D eigenvalue weighted by molar-refractivity contribution is 7.10. The number of amides is 2. The molecule has 6 rings (SSSR count). The van der Waals surface area contributed by atoms with Crippen LogP contribution < -0.4 is 5.32 Å². The Bertz CT molecular complexity index is 1660. The molecule has 1 unspecified atom stereocenters. The molecule has 2 aromatic heterocycles. The molecule has 4 aromatic rings. The fraction of sp³-hybridized carbons (Fsp3) is 0.290. The number of hydrogen-bond donors (Lipinski definition) is 2. The van der Waals surface area contributed by atoms with Crippen LogP contribution in [0.3, 0.4) is 0 Å². The Kier molecular flexibility index (Phi) is 7.39. The van der Waals surface area contributed by atoms with E-state index in [2.05, 4.69) is 32.5 Å². The predicted octanol–water partition coefficient (Wildman–Crippen LogP) is 4.80. The van der Waals surface area contributed by atoms with Crippen molar-refractivity contribution in [1.29, 1.82) is 0 Å². The number of carbonyl (C=O) groups is 2. The molecule has 0 bridgehead atoms. The Morgan fingerprint density at radius 2 is 2.05 bits per heavy atom. The summed E-state index contributed by atoms with van der Waals surface area (Å²) in [7, 11) is 0. The summed E-state index contributed by atoms with van der Waals surface area (Å²) in [6, 6.07) is 11.7. The largest absolute Gasteiger partial charge is 0.338 e. The molecule has 2 aliphatic rings. The molecule has 2 amide bonds. The second-order valence-corrected chi connectivity index (χ2v) is 11.5. The number of H-pyrrole nitrogens is 1. The van der Waals surface area contributed by atoms with Crippen molar-refractivity contribution in [3.63, 3.8) is 0 Å². The second-order valence-electron chi connectivity index (χ2n) is 10.6. The third-order valence-corrected chi connectivity index (χ3v) is 8.77. The van der Waals surface area contributed by atoms with E-state index in [4.69, 9.17) is 6.42 Å². The third kappa shape index (κ3) is 5.51. The lowest BCUT2D eigenvalue weighted by atomic mass is 9.82. The molecule has 208 valence electrons. The summed E-state index contributed by atoms with van der Waals surface area (Å²) >= 11 is 1.61. The number of nitrogens with zero attached hydrogens (tertiary/aromatic N) is 4. The monoisotopic (exact) mass is 568 g/mol. The van der Waals surface area contributed by atoms with Crippen LogP contribution in [0, 0.1) is 23.6 Å². The maximum absolute atomic E-state index is 13.7. The molecule has 2 aromatic carbocycles. The number of rotatable bonds is 7. The number of aromatic nitrogens is 3. The van der Waals surface area contributed by atoms with Crippen molar-refractivity contribution in [3.05, 3.63) is 70.9 Å². The van der Waals surface area contributed by atoms with E-state index in [0.717, 1.165) is 27.9 Å². The first-order chi connectivity index (χ1) is 19.9. The molecule has 2 aliphatic heterocycles. The van der Waals surface area contributed by atoms with Crippen LogP contribution in [0.2, 0.25) is 0 Å². The van der Waals surface area contributed by atoms with Crippen LogP contribution in [0.4, 0.5) is 10.1 Å². The number of nitrogens with one attached hydrogen (secondary N) is 2. The van der Waals surface area contributed by atoms with Crippen LogP contribution in [0.25, 0.3) is 27.7 Å². The summed E-state index contributed by atoms with van der Waals surface area (Å²) in [6.45, 7) is 2.50. The van der Waals surface area contributed by atoms with Crippen LogP contribution in [-0.4, -0.2) is 69.5 Å². The van der Waals surface area contributed by atoms with Gasteiger partial charge in [-0.2, -0.15) is 5.10 Å². The number of thiazole rings is 1. The summed E-state index contributed by atoms with van der Waals surface area (Å²) in [5.41, 5.74) is 3.26. The van der Waals surface area contributed by atoms with Gasteiger partial charge in [0.2, 0.25) is 11.8 Å². The third-order valence-electron chi connectivity index (χ3n) is 7.92. The molecule has 0 aliphatic carbocycles. The Morgan fingerprint density at radius 1 is 1.20 bits per heavy atom. The van der Waals surface area contributed by atoms with Gasteiger partial charge in [0.15, 0.2) is 0 Å². The summed E-state index contributed by atoms with van der Waals surface area (Å²) < 4.78 is 13.4. The van der Waals surface area contributed by atoms with E-state index < -0.39 is 5.41 Å². The summed E-state index contributed by atoms with van der Waals surface area (Å²) in [5, 5.41) is 14.2. The highest BCUT2D eigenvalue weighted by Gasteiger charge is 2.44. The van der Waals surface area contributed by atoms with Gasteiger partial charge in [0.05, 0.1) is 23.2 Å². The van der Waals surface area contributed by atoms with Crippen LogP contribution in [-0.2, 0) is 9.59 Å². The molecule has 41 heavy (non-hydrogen) atoms. The zero-order valence-electron chi connectivity index (χ0n) is 22.4. The lowest BCUT2D eigenvalue weighted by molar-refractivity contribution is -0.132. The summed E-state index contributed by atoms with van der Waals surface area (Å²) in [5.74, 6) is 2.26. The molecule has 1 atom stereocenters. The number of carbonyl (C=O) groups excluding carboxylic acids is 2. The van der Waals surface area contributed by atoms with Crippen LogP contribution in [0.15, 0.2) is 60.1 Å². The SMILES string of the molecule is C#CCC1(C(=O)Nc2ccc3[nH]nc(-c4ccc(F)cc4)c3c2)CCN(CC(=O)N2CC=C(c3nccs3)CC2)C1. The topological polar surface area (TPSA) is 94.2 Å². The molecule has 1 saturated heterocycles. The molecule has 4 heterocycles. The van der Waals surface area contributed by atoms with Crippen LogP contribution >= 0.6 is 11.3 Å². The first kappa shape index (κ1) is 26.9. The number of aromatic amines is 1. The smallest absolute Gasteiger partial charge is 0.237 e. The minimum Gasteiger partial charge on any atom is -0.338 e. The van der Waals surface area contributed by atoms with Crippen molar-refractivity contribution in [3.8, 4) is 23.6 Å². The van der Waals surface area contributed by atoms with E-state index in [1.807, 2.05) is 33.4 Å². The number of hydrogen-bond acceptors (Lipinski definition) is 6. The number of anilines is 1. The van der Waals surface area contributed by atoms with Crippen LogP contribution in [0.5, 0.6) is 0 Å². The van der Waals surface area contributed by atoms with E-state index >= 15 is 0 Å². The van der Waals surface area contributed by atoms with Crippen molar-refractivity contribution in [2.24, 2.45) is 5.41 Å². The molecule has 0 spiro atoms. The first-order valence-electron chi connectivity index (χ1n) is 13.5. The van der Waals surface area contributed by atoms with Gasteiger partial charge in [0.25, 0.3) is 0 Å². The van der Waals surface area contributed by atoms with Gasteiger partial charge >= 0.3 is 0 Å². The van der Waals surface area contributed by atoms with Gasteiger partial charge in [-0.15, -0.1) is 23.7 Å². The predicted molar refractivity (Wildman–Crippen MR) is 158 cm³/mol. The van der Waals surface area contributed by atoms with E-state index in [1.165, 1.54) is 17.7 Å². The van der Waals surface area contributed by atoms with Crippen molar-refractivity contribution in [1.82, 2.24) is 25.0 Å². The Morgan fingerprint density at radius 3 is 2.78 bits per heavy atom. The molecular weight excluding hydrogens is 539 g/mol. The van der Waals surface area contributed by atoms with Crippen molar-refractivity contribution >= 4 is 45.3 Å². The maximum Gasteiger partial charge on any atom is 0.237 e. The Labute approximate surface area is 241 Å². The molecule has 2 N–H and O–H groups in total. The summed E-state index contributed by atoms with van der Waals surface area (Å²) in [4.78, 5) is 35.0. The van der Waals surface area contributed by atoms with E-state index in [-0.39, 0.29) is 30.6 Å². The van der Waals surface area contributed by atoms with Gasteiger partial charge in [-0.05, 0) is 67.4 Å². The number of terminal acetylenes is 1. The highest BCUT2D eigenvalue weighted by Crippen LogP contribution is 2.36. The van der Waals surface area contributed by atoms with Gasteiger partial charge < -0.3 is 10.2 Å². The van der Waals surface area contributed by atoms with Crippen molar-refractivity contribution in [2.45, 2.75) is 19.3 Å². The van der Waals surface area contributed by atoms with Crippen molar-refractivity contribution < 1.29 is 14.0 Å². The van der Waals surface area contributed by atoms with E-state index in [0.29, 0.717) is 44.0 Å². The zero-order valence-corrected chi connectivity index (χ0v) is 23.2. The Balaban J connectivity index is 1.12. The van der Waals surface area contributed by atoms with Gasteiger partial charge in [0, 0.05) is 54.3 Å². The average molecular weight is 569 g/mol. The highest BCUT2D eigenvalue weighted by atomic mass is 32.1. The molecule has 8 nitrogen and oxygen atoms in total. The van der Waals surface area contributed by atoms with Gasteiger partial charge in [-0.1, -0.05) is 6.08 Å². The minimum absolute atomic E-state index is 0.0510. The van der Waals surface area contributed by atoms with Crippen molar-refractivity contribution in [2.75, 3.05) is 38.0 Å². The molecular formula is C31H29FN6O2S. The van der Waals surface area contributed by atoms with Gasteiger partial charge in [0.1, 0.15) is 10.8 Å². The number of likely N-dealkylation sites (tertiary alicyclic amines) is 1. The second kappa shape index (κ2) is 11.3. The van der Waals surface area contributed by atoms with Gasteiger partial charge in [-0.25, -0.2) is 9.37 Å². The lowest BCUT2D eigenvalue weighted by Gasteiger charge is -2.29. The van der Waals surface area contributed by atoms with E-state index in [1.54, 1.807) is 29.7 Å². The zero-order chi connectivity index (χ0) is 28.4. The maximum atomic E-state index is 13.7. The fourth-order valence-electron chi connectivity index (χ4n) is 5.64. The molecule has 0 radical (unpaired) electrons. The quantitative estimate of drug-likeness (QED) is 0.313. The standard InChI is InChI=1S/C31H29FN6O2S/c1-2-11-31(12-16-37(20-31)19-27(39)38-14-9-22(10-15-38)29-33-13-17-41-29)30(40)34-24-7-8-26-25(18-24)28(36-35-26)21-3-5-23(32)6-4-21/h1,3-9,13,17-18H,10-12,14-16,19-20H2,(H,34,40)(H,35,36). The lowest BCUT2D eigenvalue weighted by Crippen LogP contribution is -2.43. The average Bonchev–Trinajstić information content (AvgIpc) is 3.75. The fourth-order valence-corrected chi connectivity index (χ4v) is 6.35. The summed E-state index contributed by atoms with van der Waals surface area (Å²) in [6.07, 6.45) is 11.2. The number of benzene rings is 2. The number of halogens is 1. The normalized spacial score (nSPS) is 19.2. The Hall–Kier alpha value is -4.33.